The van der Waals surface area contributed by atoms with Crippen molar-refractivity contribution in [1.82, 2.24) is 0 Å². The van der Waals surface area contributed by atoms with Gasteiger partial charge in [-0.05, 0) is 24.7 Å². The molecule has 2 radical (unpaired) electrons. The largest absolute Gasteiger partial charge is 0.103 e. The quantitative estimate of drug-likeness (QED) is 0.169. The molecule has 152 valence electrons. The number of hydrogen-bond donors (Lipinski definition) is 0. The Balaban J connectivity index is 3.74. The highest BCUT2D eigenvalue weighted by molar-refractivity contribution is 5.00. The van der Waals surface area contributed by atoms with Gasteiger partial charge in [0.25, 0.3) is 0 Å². The molecule has 0 aliphatic carbocycles. The molecule has 0 aromatic rings. The molecule has 0 bridgehead atoms. The molecule has 2 unspecified atom stereocenters. The maximum atomic E-state index is 3.92. The fraction of sp³-hybridized carbons (Fsp3) is 0.846. The number of unbranched alkanes of at least 4 members (excludes halogenated alkanes) is 9. The highest BCUT2D eigenvalue weighted by Gasteiger charge is 2.06. The average molecular weight is 361 g/mol. The normalized spacial score (nSPS) is 13.2. The van der Waals surface area contributed by atoms with Gasteiger partial charge < -0.3 is 0 Å². The Bertz CT molecular complexity index is 319. The molecule has 0 aromatic heterocycles. The van der Waals surface area contributed by atoms with Crippen LogP contribution in [0, 0.1) is 37.5 Å². The Labute approximate surface area is 167 Å². The van der Waals surface area contributed by atoms with Gasteiger partial charge in [-0.3, -0.25) is 0 Å². The summed E-state index contributed by atoms with van der Waals surface area (Å²) in [7, 11) is 0. The minimum Gasteiger partial charge on any atom is -0.103 e. The standard InChI is InChI=1S/C26H48/c1-5-9-11-13-15-18-22-26(8-4)24-20-16-19-23-25(7-3)21-17-14-12-10-6-2/h25-26H,1-2,5-15,17-18,20-24H2,3-4H3. The second-order valence-electron chi connectivity index (χ2n) is 8.11. The first-order valence-corrected chi connectivity index (χ1v) is 11.8. The van der Waals surface area contributed by atoms with E-state index in [1.165, 1.54) is 89.9 Å². The minimum atomic E-state index is 0.822. The van der Waals surface area contributed by atoms with E-state index in [1.807, 2.05) is 0 Å². The van der Waals surface area contributed by atoms with Crippen LogP contribution in [-0.4, -0.2) is 0 Å². The van der Waals surface area contributed by atoms with Crippen LogP contribution in [0.15, 0.2) is 0 Å². The molecular weight excluding hydrogens is 312 g/mol. The van der Waals surface area contributed by atoms with E-state index in [1.54, 1.807) is 0 Å². The molecule has 26 heavy (non-hydrogen) atoms. The Morgan fingerprint density at radius 1 is 0.577 bits per heavy atom. The van der Waals surface area contributed by atoms with Crippen LogP contribution in [0.25, 0.3) is 0 Å². The number of rotatable bonds is 18. The van der Waals surface area contributed by atoms with Crippen LogP contribution in [-0.2, 0) is 0 Å². The van der Waals surface area contributed by atoms with Gasteiger partial charge in [0.05, 0.1) is 0 Å². The predicted molar refractivity (Wildman–Crippen MR) is 120 cm³/mol. The fourth-order valence-corrected chi connectivity index (χ4v) is 3.69. The van der Waals surface area contributed by atoms with E-state index in [9.17, 15) is 0 Å². The van der Waals surface area contributed by atoms with Crippen molar-refractivity contribution in [1.29, 1.82) is 0 Å². The molecule has 0 N–H and O–H groups in total. The molecule has 0 amide bonds. The topological polar surface area (TPSA) is 0 Å². The van der Waals surface area contributed by atoms with Gasteiger partial charge in [0.2, 0.25) is 0 Å². The lowest BCUT2D eigenvalue weighted by Crippen LogP contribution is -1.99. The minimum absolute atomic E-state index is 0.822. The highest BCUT2D eigenvalue weighted by Crippen LogP contribution is 2.20. The second kappa shape index (κ2) is 20.9. The summed E-state index contributed by atoms with van der Waals surface area (Å²) in [5.41, 5.74) is 0. The summed E-state index contributed by atoms with van der Waals surface area (Å²) in [5, 5.41) is 0. The van der Waals surface area contributed by atoms with E-state index in [4.69, 9.17) is 0 Å². The van der Waals surface area contributed by atoms with E-state index in [-0.39, 0.29) is 0 Å². The molecule has 0 aromatic carbocycles. The van der Waals surface area contributed by atoms with Crippen molar-refractivity contribution in [3.63, 3.8) is 0 Å². The zero-order chi connectivity index (χ0) is 19.3. The van der Waals surface area contributed by atoms with Crippen LogP contribution in [0.5, 0.6) is 0 Å². The molecule has 0 fully saturated rings. The third-order valence-electron chi connectivity index (χ3n) is 5.82. The fourth-order valence-electron chi connectivity index (χ4n) is 3.69. The van der Waals surface area contributed by atoms with Gasteiger partial charge in [-0.15, -0.1) is 11.8 Å². The first kappa shape index (κ1) is 25.6. The van der Waals surface area contributed by atoms with Crippen LogP contribution in [0.1, 0.15) is 129 Å². The van der Waals surface area contributed by atoms with Crippen LogP contribution < -0.4 is 0 Å². The molecule has 0 rings (SSSR count). The molecule has 0 heterocycles. The molecular formula is C26H48. The summed E-state index contributed by atoms with van der Waals surface area (Å²) in [6.07, 6.45) is 23.5. The molecule has 0 aliphatic rings. The lowest BCUT2D eigenvalue weighted by molar-refractivity contribution is 0.417. The van der Waals surface area contributed by atoms with Gasteiger partial charge in [-0.25, -0.2) is 0 Å². The van der Waals surface area contributed by atoms with Crippen molar-refractivity contribution >= 4 is 0 Å². The second-order valence-corrected chi connectivity index (χ2v) is 8.11. The Kier molecular flexibility index (Phi) is 20.5. The van der Waals surface area contributed by atoms with E-state index >= 15 is 0 Å². The Morgan fingerprint density at radius 3 is 1.62 bits per heavy atom. The summed E-state index contributed by atoms with van der Waals surface area (Å²) in [4.78, 5) is 0. The van der Waals surface area contributed by atoms with Gasteiger partial charge in [-0.1, -0.05) is 118 Å². The lowest BCUT2D eigenvalue weighted by Gasteiger charge is -2.13. The van der Waals surface area contributed by atoms with Gasteiger partial charge in [0.15, 0.2) is 0 Å². The SMILES string of the molecule is [CH2]CCCCCCCC(CC)CCC#CCC(CC)CCCCCC[CH2]. The van der Waals surface area contributed by atoms with Crippen molar-refractivity contribution in [2.45, 2.75) is 129 Å². The zero-order valence-corrected chi connectivity index (χ0v) is 18.3. The van der Waals surface area contributed by atoms with Crippen LogP contribution in [0.4, 0.5) is 0 Å². The molecule has 0 heteroatoms. The number of hydrogen-bond acceptors (Lipinski definition) is 0. The van der Waals surface area contributed by atoms with Crippen molar-refractivity contribution in [2.75, 3.05) is 0 Å². The van der Waals surface area contributed by atoms with Crippen molar-refractivity contribution in [3.05, 3.63) is 13.8 Å². The Hall–Kier alpha value is -0.440. The van der Waals surface area contributed by atoms with Gasteiger partial charge >= 0.3 is 0 Å². The van der Waals surface area contributed by atoms with Gasteiger partial charge in [-0.2, -0.15) is 0 Å². The van der Waals surface area contributed by atoms with Gasteiger partial charge in [0, 0.05) is 12.8 Å². The maximum Gasteiger partial charge on any atom is 0.0117 e. The summed E-state index contributed by atoms with van der Waals surface area (Å²) in [6.45, 7) is 12.5. The van der Waals surface area contributed by atoms with Crippen LogP contribution in [0.3, 0.4) is 0 Å². The smallest absolute Gasteiger partial charge is 0.0117 e. The molecule has 0 saturated heterocycles. The van der Waals surface area contributed by atoms with Crippen LogP contribution >= 0.6 is 0 Å². The first-order valence-electron chi connectivity index (χ1n) is 11.8. The summed E-state index contributed by atoms with van der Waals surface area (Å²) < 4.78 is 0. The third kappa shape index (κ3) is 17.0. The van der Waals surface area contributed by atoms with E-state index < -0.39 is 0 Å². The highest BCUT2D eigenvalue weighted by atomic mass is 14.1. The molecule has 0 nitrogen and oxygen atoms in total. The van der Waals surface area contributed by atoms with Crippen molar-refractivity contribution in [2.24, 2.45) is 11.8 Å². The van der Waals surface area contributed by atoms with E-state index in [0.29, 0.717) is 0 Å². The maximum absolute atomic E-state index is 3.92. The van der Waals surface area contributed by atoms with Crippen molar-refractivity contribution < 1.29 is 0 Å². The average Bonchev–Trinajstić information content (AvgIpc) is 2.66. The monoisotopic (exact) mass is 360 g/mol. The van der Waals surface area contributed by atoms with Gasteiger partial charge in [0.1, 0.15) is 0 Å². The first-order chi connectivity index (χ1) is 12.8. The summed E-state index contributed by atoms with van der Waals surface area (Å²) in [6, 6.07) is 0. The molecule has 0 saturated carbocycles. The molecule has 0 aliphatic heterocycles. The van der Waals surface area contributed by atoms with E-state index in [0.717, 1.165) is 37.5 Å². The van der Waals surface area contributed by atoms with E-state index in [2.05, 4.69) is 39.5 Å². The van der Waals surface area contributed by atoms with Crippen LogP contribution in [0.2, 0.25) is 0 Å². The Morgan fingerprint density at radius 2 is 1.08 bits per heavy atom. The predicted octanol–water partition coefficient (Wildman–Crippen LogP) is 8.95. The molecule has 0 spiro atoms. The third-order valence-corrected chi connectivity index (χ3v) is 5.82. The lowest BCUT2D eigenvalue weighted by atomic mass is 9.93. The summed E-state index contributed by atoms with van der Waals surface area (Å²) >= 11 is 0. The molecule has 2 atom stereocenters. The zero-order valence-electron chi connectivity index (χ0n) is 18.3. The van der Waals surface area contributed by atoms with Crippen molar-refractivity contribution in [3.8, 4) is 11.8 Å². The summed E-state index contributed by atoms with van der Waals surface area (Å²) in [5.74, 6) is 8.69.